The van der Waals surface area contributed by atoms with E-state index in [2.05, 4.69) is 15.1 Å². The highest BCUT2D eigenvalue weighted by atomic mass is 35.5. The zero-order chi connectivity index (χ0) is 30.5. The zero-order valence-electron chi connectivity index (χ0n) is 24.7. The lowest BCUT2D eigenvalue weighted by molar-refractivity contribution is 0.0323. The monoisotopic (exact) mass is 653 g/mol. The van der Waals surface area contributed by atoms with Gasteiger partial charge in [0, 0.05) is 40.2 Å². The van der Waals surface area contributed by atoms with Crippen LogP contribution in [0.5, 0.6) is 6.01 Å². The van der Waals surface area contributed by atoms with Gasteiger partial charge < -0.3 is 19.1 Å². The fraction of sp³-hybridized carbons (Fsp3) is 0.516. The van der Waals surface area contributed by atoms with E-state index in [9.17, 15) is 4.79 Å². The van der Waals surface area contributed by atoms with E-state index in [1.807, 2.05) is 4.90 Å². The second kappa shape index (κ2) is 11.7. The molecule has 4 aromatic rings. The molecule has 0 aliphatic carbocycles. The van der Waals surface area contributed by atoms with Crippen molar-refractivity contribution in [3.63, 3.8) is 0 Å². The summed E-state index contributed by atoms with van der Waals surface area (Å²) in [5.74, 6) is 1.30. The molecular formula is C31H33ClFN7O4S. The Labute approximate surface area is 268 Å². The van der Waals surface area contributed by atoms with Crippen molar-refractivity contribution in [3.05, 3.63) is 34.9 Å². The molecule has 9 rings (SSSR count). The molecule has 0 spiro atoms. The highest BCUT2D eigenvalue weighted by Gasteiger charge is 2.45. The Kier molecular flexibility index (Phi) is 7.57. The van der Waals surface area contributed by atoms with Crippen LogP contribution in [0.4, 0.5) is 15.0 Å². The van der Waals surface area contributed by atoms with E-state index in [0.29, 0.717) is 76.5 Å². The largest absolute Gasteiger partial charge is 0.508 e. The Bertz CT molecular complexity index is 1780. The van der Waals surface area contributed by atoms with E-state index < -0.39 is 18.1 Å². The van der Waals surface area contributed by atoms with Gasteiger partial charge in [-0.15, -0.1) is 0 Å². The number of hydrogen-bond acceptors (Lipinski definition) is 11. The predicted molar refractivity (Wildman–Crippen MR) is 170 cm³/mol. The zero-order valence-corrected chi connectivity index (χ0v) is 26.3. The number of halogens is 2. The Morgan fingerprint density at radius 2 is 2.02 bits per heavy atom. The quantitative estimate of drug-likeness (QED) is 0.287. The molecule has 6 bridgehead atoms. The summed E-state index contributed by atoms with van der Waals surface area (Å²) in [6, 6.07) is 1.89. The molecule has 14 heteroatoms. The summed E-state index contributed by atoms with van der Waals surface area (Å²) >= 11 is 8.46. The molecule has 5 aliphatic heterocycles. The molecule has 3 fully saturated rings. The topological polar surface area (TPSA) is 119 Å². The number of benzene rings is 1. The minimum absolute atomic E-state index is 0.0324. The van der Waals surface area contributed by atoms with Crippen LogP contribution in [0.3, 0.4) is 0 Å². The fourth-order valence-electron chi connectivity index (χ4n) is 7.40. The van der Waals surface area contributed by atoms with Crippen LogP contribution >= 0.6 is 23.4 Å². The van der Waals surface area contributed by atoms with Crippen molar-refractivity contribution >= 4 is 57.1 Å². The van der Waals surface area contributed by atoms with Crippen LogP contribution in [0, 0.1) is 5.82 Å². The molecule has 5 aliphatic rings. The number of rotatable bonds is 3. The lowest BCUT2D eigenvalue weighted by Gasteiger charge is -2.31. The van der Waals surface area contributed by atoms with Crippen LogP contribution in [0.25, 0.3) is 33.1 Å². The number of nitrogens with one attached hydrogen (secondary N) is 1. The lowest BCUT2D eigenvalue weighted by Crippen LogP contribution is -2.43. The van der Waals surface area contributed by atoms with Gasteiger partial charge in [-0.2, -0.15) is 26.8 Å². The Hall–Kier alpha value is -3.42. The summed E-state index contributed by atoms with van der Waals surface area (Å²) in [5.41, 5.74) is 2.08. The molecule has 1 atom stereocenters. The third-order valence-electron chi connectivity index (χ3n) is 9.55. The molecule has 0 saturated carbocycles. The number of hydrogen-bond donors (Lipinski definition) is 1. The van der Waals surface area contributed by atoms with Gasteiger partial charge in [0.15, 0.2) is 5.82 Å². The SMILES string of the molecule is O=C1OCCCc2c(Cl)cc3[nH]ncc3c2-c2ncc3c(nc(OCC45CCCN4CCC5)nc3c2F)N2CCSCC(C2)O1. The minimum atomic E-state index is -0.712. The summed E-state index contributed by atoms with van der Waals surface area (Å²) in [5, 5.41) is 8.71. The van der Waals surface area contributed by atoms with Gasteiger partial charge >= 0.3 is 12.2 Å². The molecule has 3 saturated heterocycles. The number of nitrogens with zero attached hydrogens (tertiary/aromatic N) is 6. The molecule has 8 heterocycles. The van der Waals surface area contributed by atoms with Gasteiger partial charge in [0.25, 0.3) is 0 Å². The van der Waals surface area contributed by atoms with Crippen LogP contribution in [-0.4, -0.2) is 98.7 Å². The van der Waals surface area contributed by atoms with Crippen LogP contribution in [0.1, 0.15) is 37.7 Å². The van der Waals surface area contributed by atoms with Crippen molar-refractivity contribution < 1.29 is 23.4 Å². The molecule has 1 aromatic carbocycles. The standard InChI is InChI=1S/C31H33ClFN7O4S/c32-22-12-23-20(14-35-38-23)24-19(22)4-1-10-42-30(41)44-18-15-39(9-11-45-16-18)28-21-13-34-27(24)25(33)26(21)36-29(37-28)43-17-31-5-2-7-40(31)8-3-6-31/h12-14,18H,1-11,15-17H2,(H,35,38). The smallest absolute Gasteiger partial charge is 0.461 e. The maximum atomic E-state index is 17.0. The number of carbonyl (C=O) groups excluding carboxylic acids is 1. The summed E-state index contributed by atoms with van der Waals surface area (Å²) in [4.78, 5) is 31.5. The summed E-state index contributed by atoms with van der Waals surface area (Å²) in [6.45, 7) is 3.67. The molecule has 11 nitrogen and oxygen atoms in total. The average molecular weight is 654 g/mol. The van der Waals surface area contributed by atoms with Crippen LogP contribution in [0.2, 0.25) is 5.02 Å². The number of ether oxygens (including phenoxy) is 3. The molecule has 1 N–H and O–H groups in total. The molecule has 1 unspecified atom stereocenters. The van der Waals surface area contributed by atoms with Crippen molar-refractivity contribution in [2.45, 2.75) is 50.2 Å². The van der Waals surface area contributed by atoms with Crippen molar-refractivity contribution in [2.75, 3.05) is 55.8 Å². The van der Waals surface area contributed by atoms with E-state index in [-0.39, 0.29) is 29.4 Å². The van der Waals surface area contributed by atoms with E-state index >= 15 is 4.39 Å². The molecule has 45 heavy (non-hydrogen) atoms. The number of H-pyrrole nitrogens is 1. The summed E-state index contributed by atoms with van der Waals surface area (Å²) in [7, 11) is 0. The third kappa shape index (κ3) is 5.22. The predicted octanol–water partition coefficient (Wildman–Crippen LogP) is 5.39. The number of carbonyl (C=O) groups is 1. The number of thioether (sulfide) groups is 1. The average Bonchev–Trinajstić information content (AvgIpc) is 3.71. The maximum absolute atomic E-state index is 17.0. The lowest BCUT2D eigenvalue weighted by atomic mass is 9.95. The Morgan fingerprint density at radius 1 is 1.16 bits per heavy atom. The van der Waals surface area contributed by atoms with Crippen molar-refractivity contribution in [3.8, 4) is 17.3 Å². The van der Waals surface area contributed by atoms with E-state index in [1.54, 1.807) is 30.2 Å². The molecular weight excluding hydrogens is 621 g/mol. The minimum Gasteiger partial charge on any atom is -0.461 e. The molecule has 3 aromatic heterocycles. The highest BCUT2D eigenvalue weighted by Crippen LogP contribution is 2.41. The second-order valence-electron chi connectivity index (χ2n) is 12.2. The van der Waals surface area contributed by atoms with Gasteiger partial charge in [0.1, 0.15) is 29.7 Å². The van der Waals surface area contributed by atoms with E-state index in [1.165, 1.54) is 0 Å². The molecule has 0 radical (unpaired) electrons. The van der Waals surface area contributed by atoms with Gasteiger partial charge in [-0.1, -0.05) is 11.6 Å². The Morgan fingerprint density at radius 3 is 2.89 bits per heavy atom. The van der Waals surface area contributed by atoms with E-state index in [0.717, 1.165) is 44.5 Å². The maximum Gasteiger partial charge on any atom is 0.508 e. The Balaban J connectivity index is 1.30. The number of fused-ring (bicyclic) bond motifs is 8. The van der Waals surface area contributed by atoms with Gasteiger partial charge in [0.05, 0.1) is 35.8 Å². The van der Waals surface area contributed by atoms with Crippen LogP contribution in [0.15, 0.2) is 18.5 Å². The first-order valence-electron chi connectivity index (χ1n) is 15.5. The fourth-order valence-corrected chi connectivity index (χ4v) is 8.65. The number of anilines is 1. The van der Waals surface area contributed by atoms with Crippen LogP contribution < -0.4 is 9.64 Å². The highest BCUT2D eigenvalue weighted by molar-refractivity contribution is 7.99. The second-order valence-corrected chi connectivity index (χ2v) is 13.8. The van der Waals surface area contributed by atoms with Gasteiger partial charge in [-0.05, 0) is 63.2 Å². The normalized spacial score (nSPS) is 22.0. The van der Waals surface area contributed by atoms with Crippen molar-refractivity contribution in [1.29, 1.82) is 0 Å². The van der Waals surface area contributed by atoms with Gasteiger partial charge in [-0.25, -0.2) is 9.18 Å². The first-order valence-corrected chi connectivity index (χ1v) is 17.1. The van der Waals surface area contributed by atoms with Crippen molar-refractivity contribution in [1.82, 2.24) is 30.0 Å². The van der Waals surface area contributed by atoms with Crippen LogP contribution in [-0.2, 0) is 15.9 Å². The number of aromatic nitrogens is 5. The molecule has 236 valence electrons. The van der Waals surface area contributed by atoms with Gasteiger partial charge in [0.2, 0.25) is 0 Å². The molecule has 0 amide bonds. The first kappa shape index (κ1) is 29.0. The first-order chi connectivity index (χ1) is 22.0. The summed E-state index contributed by atoms with van der Waals surface area (Å²) in [6.07, 6.45) is 7.38. The number of aromatic amines is 1. The number of pyridine rings is 1. The van der Waals surface area contributed by atoms with Crippen molar-refractivity contribution in [2.24, 2.45) is 0 Å². The van der Waals surface area contributed by atoms with Gasteiger partial charge in [-0.3, -0.25) is 15.0 Å². The third-order valence-corrected chi connectivity index (χ3v) is 11.0. The van der Waals surface area contributed by atoms with E-state index in [4.69, 9.17) is 40.8 Å². The summed E-state index contributed by atoms with van der Waals surface area (Å²) < 4.78 is 34.6.